The number of benzene rings is 1. The number of nitrogens with one attached hydrogen (secondary N) is 1. The van der Waals surface area contributed by atoms with E-state index >= 15 is 0 Å². The van der Waals surface area contributed by atoms with Crippen molar-refractivity contribution in [1.82, 2.24) is 10.3 Å². The molecule has 1 amide bonds. The van der Waals surface area contributed by atoms with Gasteiger partial charge in [0.25, 0.3) is 0 Å². The minimum atomic E-state index is -0.995. The molecule has 5 nitrogen and oxygen atoms in total. The fourth-order valence-corrected chi connectivity index (χ4v) is 1.73. The molecule has 0 aliphatic carbocycles. The van der Waals surface area contributed by atoms with Crippen molar-refractivity contribution in [3.63, 3.8) is 0 Å². The molecule has 2 rings (SSSR count). The van der Waals surface area contributed by atoms with Crippen LogP contribution in [0.2, 0.25) is 0 Å². The summed E-state index contributed by atoms with van der Waals surface area (Å²) in [5.74, 6) is -1.58. The molecule has 1 N–H and O–H groups in total. The second kappa shape index (κ2) is 7.25. The smallest absolute Gasteiger partial charge is 0.407 e. The van der Waals surface area contributed by atoms with Gasteiger partial charge in [-0.25, -0.2) is 18.6 Å². The van der Waals surface area contributed by atoms with E-state index in [-0.39, 0.29) is 18.2 Å². The predicted octanol–water partition coefficient (Wildman–Crippen LogP) is 4.18. The molecular formula is C17H18F2N2O3. The molecule has 0 spiro atoms. The Morgan fingerprint density at radius 2 is 1.92 bits per heavy atom. The lowest BCUT2D eigenvalue weighted by atomic mass is 10.2. The number of halogens is 2. The van der Waals surface area contributed by atoms with Gasteiger partial charge in [0.05, 0.1) is 0 Å². The average molecular weight is 336 g/mol. The molecule has 1 aromatic heterocycles. The second-order valence-electron chi connectivity index (χ2n) is 6.04. The second-order valence-corrected chi connectivity index (χ2v) is 6.04. The first-order valence-electron chi connectivity index (χ1n) is 7.27. The third-order valence-corrected chi connectivity index (χ3v) is 2.75. The lowest BCUT2D eigenvalue weighted by molar-refractivity contribution is 0.0523. The van der Waals surface area contributed by atoms with E-state index in [1.165, 1.54) is 12.3 Å². The maximum absolute atomic E-state index is 13.1. The third kappa shape index (κ3) is 5.49. The highest BCUT2D eigenvalue weighted by molar-refractivity contribution is 5.67. The van der Waals surface area contributed by atoms with Gasteiger partial charge in [0, 0.05) is 24.9 Å². The Morgan fingerprint density at radius 3 is 2.50 bits per heavy atom. The molecule has 0 aliphatic heterocycles. The molecule has 2 aromatic rings. The number of carbonyl (C=O) groups is 1. The summed E-state index contributed by atoms with van der Waals surface area (Å²) >= 11 is 0. The van der Waals surface area contributed by atoms with Crippen LogP contribution in [-0.2, 0) is 11.3 Å². The largest absolute Gasteiger partial charge is 0.444 e. The van der Waals surface area contributed by atoms with Gasteiger partial charge < -0.3 is 14.8 Å². The summed E-state index contributed by atoms with van der Waals surface area (Å²) in [6.07, 6.45) is 0.983. The Hall–Kier alpha value is -2.70. The van der Waals surface area contributed by atoms with Crippen molar-refractivity contribution in [3.05, 3.63) is 53.7 Å². The molecule has 0 saturated carbocycles. The number of aromatic nitrogens is 1. The van der Waals surface area contributed by atoms with Crippen molar-refractivity contribution in [2.45, 2.75) is 32.9 Å². The van der Waals surface area contributed by atoms with Crippen LogP contribution in [-0.4, -0.2) is 16.7 Å². The minimum Gasteiger partial charge on any atom is -0.444 e. The molecule has 0 bridgehead atoms. The Labute approximate surface area is 138 Å². The van der Waals surface area contributed by atoms with E-state index in [0.717, 1.165) is 17.7 Å². The fourth-order valence-electron chi connectivity index (χ4n) is 1.73. The van der Waals surface area contributed by atoms with Gasteiger partial charge in [-0.05, 0) is 38.5 Å². The molecule has 0 saturated heterocycles. The van der Waals surface area contributed by atoms with Gasteiger partial charge in [-0.1, -0.05) is 6.07 Å². The van der Waals surface area contributed by atoms with E-state index in [2.05, 4.69) is 10.3 Å². The molecule has 128 valence electrons. The number of amides is 1. The molecule has 1 aromatic carbocycles. The normalized spacial score (nSPS) is 11.0. The summed E-state index contributed by atoms with van der Waals surface area (Å²) in [5.41, 5.74) is 0.170. The third-order valence-electron chi connectivity index (χ3n) is 2.75. The first kappa shape index (κ1) is 17.7. The van der Waals surface area contributed by atoms with Gasteiger partial charge in [0.2, 0.25) is 5.88 Å². The fraction of sp³-hybridized carbons (Fsp3) is 0.294. The lowest BCUT2D eigenvalue weighted by Gasteiger charge is -2.19. The lowest BCUT2D eigenvalue weighted by Crippen LogP contribution is -2.32. The summed E-state index contributed by atoms with van der Waals surface area (Å²) < 4.78 is 36.4. The van der Waals surface area contributed by atoms with Crippen LogP contribution in [0.1, 0.15) is 26.3 Å². The highest BCUT2D eigenvalue weighted by Gasteiger charge is 2.15. The zero-order valence-electron chi connectivity index (χ0n) is 13.6. The van der Waals surface area contributed by atoms with Gasteiger partial charge in [0.15, 0.2) is 11.6 Å². The first-order chi connectivity index (χ1) is 11.2. The molecule has 0 unspecified atom stereocenters. The van der Waals surface area contributed by atoms with E-state index in [0.29, 0.717) is 0 Å². The summed E-state index contributed by atoms with van der Waals surface area (Å²) in [7, 11) is 0. The number of ether oxygens (including phenoxy) is 2. The maximum atomic E-state index is 13.1. The summed E-state index contributed by atoms with van der Waals surface area (Å²) in [6.45, 7) is 5.57. The van der Waals surface area contributed by atoms with Crippen LogP contribution in [0.5, 0.6) is 11.6 Å². The van der Waals surface area contributed by atoms with Crippen LogP contribution in [0, 0.1) is 11.6 Å². The van der Waals surface area contributed by atoms with E-state index in [9.17, 15) is 13.6 Å². The number of carbonyl (C=O) groups excluding carboxylic acids is 1. The Kier molecular flexibility index (Phi) is 5.33. The first-order valence-corrected chi connectivity index (χ1v) is 7.27. The quantitative estimate of drug-likeness (QED) is 0.910. The number of nitrogens with zero attached hydrogens (tertiary/aromatic N) is 1. The van der Waals surface area contributed by atoms with Crippen LogP contribution >= 0.6 is 0 Å². The van der Waals surface area contributed by atoms with Crippen LogP contribution in [0.4, 0.5) is 13.6 Å². The molecule has 0 atom stereocenters. The Bertz CT molecular complexity index is 713. The van der Waals surface area contributed by atoms with Crippen molar-refractivity contribution >= 4 is 6.09 Å². The molecular weight excluding hydrogens is 318 g/mol. The molecule has 0 aliphatic rings. The number of rotatable bonds is 4. The Balaban J connectivity index is 1.90. The van der Waals surface area contributed by atoms with Gasteiger partial charge in [-0.15, -0.1) is 0 Å². The van der Waals surface area contributed by atoms with Gasteiger partial charge in [-0.3, -0.25) is 0 Å². The highest BCUT2D eigenvalue weighted by atomic mass is 19.2. The monoisotopic (exact) mass is 336 g/mol. The van der Waals surface area contributed by atoms with Gasteiger partial charge >= 0.3 is 6.09 Å². The minimum absolute atomic E-state index is 0.140. The van der Waals surface area contributed by atoms with Crippen molar-refractivity contribution in [1.29, 1.82) is 0 Å². The van der Waals surface area contributed by atoms with E-state index in [1.807, 2.05) is 0 Å². The summed E-state index contributed by atoms with van der Waals surface area (Å²) in [5, 5.41) is 2.61. The highest BCUT2D eigenvalue weighted by Crippen LogP contribution is 2.21. The molecule has 1 heterocycles. The van der Waals surface area contributed by atoms with Crippen molar-refractivity contribution < 1.29 is 23.0 Å². The van der Waals surface area contributed by atoms with Crippen LogP contribution < -0.4 is 10.1 Å². The van der Waals surface area contributed by atoms with Crippen molar-refractivity contribution in [3.8, 4) is 11.6 Å². The zero-order valence-corrected chi connectivity index (χ0v) is 13.6. The maximum Gasteiger partial charge on any atom is 0.407 e. The number of pyridine rings is 1. The average Bonchev–Trinajstić information content (AvgIpc) is 2.49. The standard InChI is InChI=1S/C17H18F2N2O3/c1-17(2,3)24-16(22)21-10-11-4-7-15(20-9-11)23-12-5-6-13(18)14(19)8-12/h4-9H,10H2,1-3H3,(H,21,22). The van der Waals surface area contributed by atoms with Crippen LogP contribution in [0.3, 0.4) is 0 Å². The van der Waals surface area contributed by atoms with Crippen molar-refractivity contribution in [2.24, 2.45) is 0 Å². The molecule has 0 fully saturated rings. The van der Waals surface area contributed by atoms with Gasteiger partial charge in [0.1, 0.15) is 11.4 Å². The van der Waals surface area contributed by atoms with Gasteiger partial charge in [-0.2, -0.15) is 0 Å². The van der Waals surface area contributed by atoms with E-state index in [1.54, 1.807) is 32.9 Å². The van der Waals surface area contributed by atoms with Crippen LogP contribution in [0.25, 0.3) is 0 Å². The number of alkyl carbamates (subject to hydrolysis) is 1. The molecule has 24 heavy (non-hydrogen) atoms. The summed E-state index contributed by atoms with van der Waals surface area (Å²) in [6, 6.07) is 6.48. The van der Waals surface area contributed by atoms with Crippen LogP contribution in [0.15, 0.2) is 36.5 Å². The van der Waals surface area contributed by atoms with E-state index in [4.69, 9.17) is 9.47 Å². The molecule has 0 radical (unpaired) electrons. The predicted molar refractivity (Wildman–Crippen MR) is 83.7 cm³/mol. The zero-order chi connectivity index (χ0) is 17.7. The van der Waals surface area contributed by atoms with Crippen molar-refractivity contribution in [2.75, 3.05) is 0 Å². The topological polar surface area (TPSA) is 60.5 Å². The number of hydrogen-bond acceptors (Lipinski definition) is 4. The Morgan fingerprint density at radius 1 is 1.17 bits per heavy atom. The summed E-state index contributed by atoms with van der Waals surface area (Å²) in [4.78, 5) is 15.6. The van der Waals surface area contributed by atoms with E-state index < -0.39 is 23.3 Å². The number of hydrogen-bond donors (Lipinski definition) is 1. The molecule has 7 heteroatoms. The SMILES string of the molecule is CC(C)(C)OC(=O)NCc1ccc(Oc2ccc(F)c(F)c2)nc1.